The Bertz CT molecular complexity index is 1320. The Morgan fingerprint density at radius 2 is 1.68 bits per heavy atom. The number of carbonyl (C=O) groups excluding carboxylic acids is 1. The van der Waals surface area contributed by atoms with Gasteiger partial charge in [-0.3, -0.25) is 0 Å². The maximum absolute atomic E-state index is 13.8. The second-order valence-corrected chi connectivity index (χ2v) is 7.66. The highest BCUT2D eigenvalue weighted by Gasteiger charge is 2.12. The first-order valence-corrected chi connectivity index (χ1v) is 10.5. The van der Waals surface area contributed by atoms with E-state index in [1.165, 1.54) is 42.3 Å². The fourth-order valence-corrected chi connectivity index (χ4v) is 3.80. The third-order valence-electron chi connectivity index (χ3n) is 5.48. The van der Waals surface area contributed by atoms with Crippen LogP contribution in [0.2, 0.25) is 0 Å². The number of ether oxygens (including phenoxy) is 1. The minimum Gasteiger partial charge on any atom is -0.423 e. The van der Waals surface area contributed by atoms with E-state index in [9.17, 15) is 9.18 Å². The third-order valence-corrected chi connectivity index (χ3v) is 5.48. The van der Waals surface area contributed by atoms with E-state index in [-0.39, 0.29) is 11.3 Å². The van der Waals surface area contributed by atoms with Gasteiger partial charge in [0.15, 0.2) is 0 Å². The lowest BCUT2D eigenvalue weighted by Crippen LogP contribution is -2.08. The molecule has 0 fully saturated rings. The fourth-order valence-electron chi connectivity index (χ4n) is 3.80. The number of nitriles is 1. The van der Waals surface area contributed by atoms with Crippen LogP contribution in [0, 0.1) is 17.1 Å². The van der Waals surface area contributed by atoms with Crippen LogP contribution >= 0.6 is 0 Å². The van der Waals surface area contributed by atoms with Crippen molar-refractivity contribution in [2.75, 3.05) is 0 Å². The zero-order valence-electron chi connectivity index (χ0n) is 17.3. The van der Waals surface area contributed by atoms with Crippen molar-refractivity contribution >= 4 is 27.5 Å². The molecule has 0 saturated carbocycles. The molecule has 0 amide bonds. The van der Waals surface area contributed by atoms with E-state index in [4.69, 9.17) is 10.00 Å². The molecule has 0 radical (unpaired) electrons. The molecule has 0 unspecified atom stereocenters. The van der Waals surface area contributed by atoms with Gasteiger partial charge in [0, 0.05) is 6.07 Å². The molecular weight excluding hydrogens is 389 g/mol. The van der Waals surface area contributed by atoms with Crippen LogP contribution in [-0.2, 0) is 6.42 Å². The van der Waals surface area contributed by atoms with Crippen LogP contribution in [0.3, 0.4) is 0 Å². The Morgan fingerprint density at radius 1 is 0.935 bits per heavy atom. The van der Waals surface area contributed by atoms with Gasteiger partial charge in [-0.25, -0.2) is 9.18 Å². The first-order valence-electron chi connectivity index (χ1n) is 10.5. The number of hydrogen-bond donors (Lipinski definition) is 0. The van der Waals surface area contributed by atoms with Gasteiger partial charge in [0.2, 0.25) is 0 Å². The van der Waals surface area contributed by atoms with E-state index in [0.717, 1.165) is 28.6 Å². The Labute approximate surface area is 180 Å². The quantitative estimate of drug-likeness (QED) is 0.149. The molecule has 4 rings (SSSR count). The maximum atomic E-state index is 13.8. The number of hydrogen-bond acceptors (Lipinski definition) is 3. The molecule has 0 aromatic heterocycles. The van der Waals surface area contributed by atoms with Crippen LogP contribution in [0.4, 0.5) is 4.39 Å². The molecule has 0 saturated heterocycles. The van der Waals surface area contributed by atoms with Crippen molar-refractivity contribution < 1.29 is 13.9 Å². The first-order chi connectivity index (χ1) is 15.1. The molecule has 4 aromatic rings. The third kappa shape index (κ3) is 4.41. The molecule has 0 spiro atoms. The van der Waals surface area contributed by atoms with E-state index in [1.54, 1.807) is 18.2 Å². The number of esters is 1. The van der Waals surface area contributed by atoms with Crippen molar-refractivity contribution in [2.45, 2.75) is 32.6 Å². The molecule has 3 nitrogen and oxygen atoms in total. The van der Waals surface area contributed by atoms with Crippen molar-refractivity contribution in [3.05, 3.63) is 89.2 Å². The minimum atomic E-state index is -0.716. The zero-order chi connectivity index (χ0) is 21.8. The number of rotatable bonds is 6. The molecule has 154 valence electrons. The lowest BCUT2D eigenvalue weighted by Gasteiger charge is -2.09. The van der Waals surface area contributed by atoms with Crippen LogP contribution in [0.15, 0.2) is 66.7 Å². The van der Waals surface area contributed by atoms with E-state index < -0.39 is 11.8 Å². The summed E-state index contributed by atoms with van der Waals surface area (Å²) in [5, 5.41) is 13.1. The number of carbonyl (C=O) groups is 1. The van der Waals surface area contributed by atoms with Crippen LogP contribution in [-0.4, -0.2) is 5.97 Å². The van der Waals surface area contributed by atoms with Gasteiger partial charge in [-0.1, -0.05) is 56.2 Å². The molecule has 0 atom stereocenters. The van der Waals surface area contributed by atoms with Gasteiger partial charge >= 0.3 is 5.97 Å². The van der Waals surface area contributed by atoms with Crippen LogP contribution < -0.4 is 4.74 Å². The van der Waals surface area contributed by atoms with Crippen molar-refractivity contribution in [1.82, 2.24) is 0 Å². The van der Waals surface area contributed by atoms with Crippen molar-refractivity contribution in [3.63, 3.8) is 0 Å². The average Bonchev–Trinajstić information content (AvgIpc) is 2.78. The predicted molar refractivity (Wildman–Crippen MR) is 121 cm³/mol. The average molecular weight is 411 g/mol. The second kappa shape index (κ2) is 8.97. The summed E-state index contributed by atoms with van der Waals surface area (Å²) in [6, 6.07) is 21.6. The summed E-state index contributed by atoms with van der Waals surface area (Å²) in [7, 11) is 0. The van der Waals surface area contributed by atoms with Crippen molar-refractivity contribution in [1.29, 1.82) is 5.26 Å². The monoisotopic (exact) mass is 411 g/mol. The van der Waals surface area contributed by atoms with E-state index in [2.05, 4.69) is 31.2 Å². The van der Waals surface area contributed by atoms with Gasteiger partial charge in [-0.2, -0.15) is 5.26 Å². The molecule has 4 heteroatoms. The highest BCUT2D eigenvalue weighted by Crippen LogP contribution is 2.28. The smallest absolute Gasteiger partial charge is 0.343 e. The Hall–Kier alpha value is -3.71. The number of nitrogens with zero attached hydrogens (tertiary/aromatic N) is 1. The Kier molecular flexibility index (Phi) is 5.95. The zero-order valence-corrected chi connectivity index (χ0v) is 17.3. The Morgan fingerprint density at radius 3 is 2.39 bits per heavy atom. The fraction of sp³-hybridized carbons (Fsp3) is 0.185. The summed E-state index contributed by atoms with van der Waals surface area (Å²) in [6.45, 7) is 2.21. The van der Waals surface area contributed by atoms with E-state index >= 15 is 0 Å². The van der Waals surface area contributed by atoms with Gasteiger partial charge in [-0.15, -0.1) is 0 Å². The number of aryl methyl sites for hydroxylation is 1. The number of fused-ring (bicyclic) bond motifs is 3. The van der Waals surface area contributed by atoms with Gasteiger partial charge < -0.3 is 4.74 Å². The maximum Gasteiger partial charge on any atom is 0.343 e. The standard InChI is InChI=1S/C27H22FNO2/c1-2-3-4-5-18-6-12-24-19(14-18)7-8-20-15-21(10-13-25(20)24)27(30)31-23-11-9-22(17-29)26(28)16-23/h6-16H,2-5H2,1H3. The molecule has 31 heavy (non-hydrogen) atoms. The van der Waals surface area contributed by atoms with Crippen molar-refractivity contribution in [2.24, 2.45) is 0 Å². The lowest BCUT2D eigenvalue weighted by molar-refractivity contribution is 0.0734. The van der Waals surface area contributed by atoms with Crippen LogP contribution in [0.1, 0.15) is 47.7 Å². The second-order valence-electron chi connectivity index (χ2n) is 7.66. The highest BCUT2D eigenvalue weighted by molar-refractivity contribution is 6.09. The molecule has 0 bridgehead atoms. The number of benzene rings is 4. The van der Waals surface area contributed by atoms with Gasteiger partial charge in [0.25, 0.3) is 0 Å². The summed E-state index contributed by atoms with van der Waals surface area (Å²) >= 11 is 0. The van der Waals surface area contributed by atoms with E-state index in [0.29, 0.717) is 5.56 Å². The predicted octanol–water partition coefficient (Wildman–Crippen LogP) is 6.96. The molecular formula is C27H22FNO2. The SMILES string of the molecule is CCCCCc1ccc2c(ccc3cc(C(=O)Oc4ccc(C#N)c(F)c4)ccc32)c1. The molecule has 0 aliphatic carbocycles. The summed E-state index contributed by atoms with van der Waals surface area (Å²) in [4.78, 5) is 12.5. The number of halogens is 1. The highest BCUT2D eigenvalue weighted by atomic mass is 19.1. The van der Waals surface area contributed by atoms with E-state index in [1.807, 2.05) is 12.1 Å². The number of unbranched alkanes of at least 4 members (excludes halogenated alkanes) is 2. The summed E-state index contributed by atoms with van der Waals surface area (Å²) < 4.78 is 19.1. The molecule has 0 aliphatic heterocycles. The largest absolute Gasteiger partial charge is 0.423 e. The first kappa shape index (κ1) is 20.6. The molecule has 0 heterocycles. The molecule has 0 N–H and O–H groups in total. The van der Waals surface area contributed by atoms with Crippen LogP contribution in [0.25, 0.3) is 21.5 Å². The van der Waals surface area contributed by atoms with Gasteiger partial charge in [-0.05, 0) is 64.2 Å². The molecule has 0 aliphatic rings. The lowest BCUT2D eigenvalue weighted by atomic mass is 9.97. The van der Waals surface area contributed by atoms with Gasteiger partial charge in [0.05, 0.1) is 11.1 Å². The summed E-state index contributed by atoms with van der Waals surface area (Å²) in [5.41, 5.74) is 1.63. The summed E-state index contributed by atoms with van der Waals surface area (Å²) in [5.74, 6) is -1.22. The topological polar surface area (TPSA) is 50.1 Å². The minimum absolute atomic E-state index is 0.0655. The van der Waals surface area contributed by atoms with Crippen molar-refractivity contribution in [3.8, 4) is 11.8 Å². The van der Waals surface area contributed by atoms with Crippen LogP contribution in [0.5, 0.6) is 5.75 Å². The molecule has 4 aromatic carbocycles. The summed E-state index contributed by atoms with van der Waals surface area (Å²) in [6.07, 6.45) is 4.74. The Balaban J connectivity index is 1.59. The normalized spacial score (nSPS) is 10.9. The van der Waals surface area contributed by atoms with Gasteiger partial charge in [0.1, 0.15) is 17.6 Å².